The van der Waals surface area contributed by atoms with Crippen LogP contribution < -0.4 is 5.73 Å². The third kappa shape index (κ3) is 7.15. The zero-order valence-electron chi connectivity index (χ0n) is 13.0. The molecular weight excluding hydrogens is 417 g/mol. The number of aromatic nitrogens is 1. The summed E-state index contributed by atoms with van der Waals surface area (Å²) < 4.78 is 50.7. The maximum atomic E-state index is 11.6. The predicted octanol–water partition coefficient (Wildman–Crippen LogP) is 1.23. The van der Waals surface area contributed by atoms with Crippen LogP contribution in [-0.2, 0) is 31.6 Å². The molecular formula is C10H17N2O11P3. The number of nitrogens with zero attached hydrogens (tertiary/aromatic N) is 1. The molecule has 0 amide bonds. The van der Waals surface area contributed by atoms with Gasteiger partial charge in [0.25, 0.3) is 0 Å². The number of nitrogen functional groups attached to an aromatic ring is 1. The van der Waals surface area contributed by atoms with Gasteiger partial charge in [-0.15, -0.1) is 0 Å². The minimum absolute atomic E-state index is 0.336. The van der Waals surface area contributed by atoms with Crippen molar-refractivity contribution in [3.63, 3.8) is 0 Å². The zero-order chi connectivity index (χ0) is 19.6. The van der Waals surface area contributed by atoms with Crippen LogP contribution in [0.4, 0.5) is 5.82 Å². The fourth-order valence-corrected chi connectivity index (χ4v) is 5.21. The second-order valence-corrected chi connectivity index (χ2v) is 9.65. The van der Waals surface area contributed by atoms with Gasteiger partial charge in [0.15, 0.2) is 0 Å². The van der Waals surface area contributed by atoms with E-state index < -0.39 is 36.2 Å². The predicted molar refractivity (Wildman–Crippen MR) is 85.3 cm³/mol. The molecule has 0 spiro atoms. The quantitative estimate of drug-likeness (QED) is 0.365. The Morgan fingerprint density at radius 1 is 1.12 bits per heavy atom. The Balaban J connectivity index is 1.86. The number of ether oxygens (including phenoxy) is 1. The number of pyridine rings is 1. The molecule has 1 fully saturated rings. The standard InChI is InChI=1S/C10H17N2O11P3/c11-10-4-1-7(5-12-10)9-3-2-8(21-9)6-20-25(16,17)23-26(18,19)22-24(13,14)15/h1,4-5,8-9H,2-3,6H2,(H2,11,12)(H,16,17)(H,18,19)(H2,13,14,15). The van der Waals surface area contributed by atoms with E-state index in [4.69, 9.17) is 25.2 Å². The first-order valence-corrected chi connectivity index (χ1v) is 11.5. The molecule has 0 aromatic carbocycles. The largest absolute Gasteiger partial charge is 0.490 e. The van der Waals surface area contributed by atoms with Crippen LogP contribution >= 0.6 is 23.5 Å². The van der Waals surface area contributed by atoms with E-state index in [9.17, 15) is 18.6 Å². The van der Waals surface area contributed by atoms with Crippen molar-refractivity contribution in [2.75, 3.05) is 12.3 Å². The first kappa shape index (κ1) is 21.6. The lowest BCUT2D eigenvalue weighted by Gasteiger charge is -2.18. The van der Waals surface area contributed by atoms with Gasteiger partial charge in [0, 0.05) is 6.20 Å². The lowest BCUT2D eigenvalue weighted by molar-refractivity contribution is 0.00995. The van der Waals surface area contributed by atoms with Gasteiger partial charge in [-0.2, -0.15) is 8.62 Å². The van der Waals surface area contributed by atoms with E-state index in [2.05, 4.69) is 18.1 Å². The molecule has 4 unspecified atom stereocenters. The molecule has 0 saturated carbocycles. The van der Waals surface area contributed by atoms with E-state index >= 15 is 0 Å². The molecule has 16 heteroatoms. The molecule has 0 aliphatic carbocycles. The number of hydrogen-bond donors (Lipinski definition) is 5. The van der Waals surface area contributed by atoms with Gasteiger partial charge in [0.1, 0.15) is 5.82 Å². The van der Waals surface area contributed by atoms with Gasteiger partial charge < -0.3 is 30.0 Å². The molecule has 0 bridgehead atoms. The number of phosphoric acid groups is 3. The van der Waals surface area contributed by atoms with Crippen molar-refractivity contribution in [2.45, 2.75) is 25.0 Å². The highest BCUT2D eigenvalue weighted by molar-refractivity contribution is 7.66. The summed E-state index contributed by atoms with van der Waals surface area (Å²) in [6, 6.07) is 3.32. The van der Waals surface area contributed by atoms with Gasteiger partial charge in [-0.05, 0) is 24.5 Å². The van der Waals surface area contributed by atoms with Gasteiger partial charge in [-0.3, -0.25) is 4.52 Å². The minimum Gasteiger partial charge on any atom is -0.384 e. The van der Waals surface area contributed by atoms with E-state index in [1.807, 2.05) is 0 Å². The number of hydrogen-bond acceptors (Lipinski definition) is 9. The summed E-state index contributed by atoms with van der Waals surface area (Å²) in [6.07, 6.45) is 1.59. The average Bonchev–Trinajstić information content (AvgIpc) is 2.91. The third-order valence-corrected chi connectivity index (χ3v) is 6.93. The Bertz CT molecular complexity index is 766. The number of anilines is 1. The average molecular weight is 434 g/mol. The van der Waals surface area contributed by atoms with Gasteiger partial charge in [-0.1, -0.05) is 6.07 Å². The topological polar surface area (TPSA) is 208 Å². The van der Waals surface area contributed by atoms with E-state index in [1.165, 1.54) is 6.20 Å². The molecule has 1 aliphatic rings. The monoisotopic (exact) mass is 434 g/mol. The van der Waals surface area contributed by atoms with Crippen LogP contribution in [0.2, 0.25) is 0 Å². The molecule has 0 radical (unpaired) electrons. The van der Waals surface area contributed by atoms with Gasteiger partial charge in [0.05, 0.1) is 18.8 Å². The molecule has 1 aliphatic heterocycles. The minimum atomic E-state index is -5.52. The lowest BCUT2D eigenvalue weighted by Crippen LogP contribution is -2.14. The van der Waals surface area contributed by atoms with E-state index in [0.717, 1.165) is 5.56 Å². The molecule has 2 heterocycles. The molecule has 1 aromatic rings. The molecule has 2 rings (SSSR count). The highest BCUT2D eigenvalue weighted by Gasteiger charge is 2.41. The third-order valence-electron chi connectivity index (χ3n) is 3.13. The SMILES string of the molecule is Nc1ccc(C2CCC(COP(=O)(O)OP(=O)(O)OP(=O)(O)O)O2)cn1. The Kier molecular flexibility index (Phi) is 6.76. The second kappa shape index (κ2) is 8.14. The summed E-state index contributed by atoms with van der Waals surface area (Å²) >= 11 is 0. The number of rotatable bonds is 8. The van der Waals surface area contributed by atoms with Gasteiger partial charge >= 0.3 is 23.5 Å². The van der Waals surface area contributed by atoms with Crippen LogP contribution in [0.5, 0.6) is 0 Å². The Morgan fingerprint density at radius 3 is 2.38 bits per heavy atom. The van der Waals surface area contributed by atoms with Crippen molar-refractivity contribution in [3.05, 3.63) is 23.9 Å². The summed E-state index contributed by atoms with van der Waals surface area (Å²) in [5.41, 5.74) is 6.24. The molecule has 1 aromatic heterocycles. The van der Waals surface area contributed by atoms with Crippen molar-refractivity contribution in [2.24, 2.45) is 0 Å². The number of nitrogens with two attached hydrogens (primary N) is 1. The van der Waals surface area contributed by atoms with Crippen molar-refractivity contribution in [3.8, 4) is 0 Å². The molecule has 6 N–H and O–H groups in total. The highest BCUT2D eigenvalue weighted by Crippen LogP contribution is 2.66. The van der Waals surface area contributed by atoms with Crippen LogP contribution in [0.3, 0.4) is 0 Å². The van der Waals surface area contributed by atoms with Crippen LogP contribution in [0.25, 0.3) is 0 Å². The van der Waals surface area contributed by atoms with E-state index in [0.29, 0.717) is 18.7 Å². The summed E-state index contributed by atoms with van der Waals surface area (Å²) in [4.78, 5) is 39.2. The zero-order valence-corrected chi connectivity index (χ0v) is 15.7. The second-order valence-electron chi connectivity index (χ2n) is 5.23. The lowest BCUT2D eigenvalue weighted by atomic mass is 10.1. The molecule has 1 saturated heterocycles. The Morgan fingerprint density at radius 2 is 1.81 bits per heavy atom. The Hall–Kier alpha value is -0.680. The van der Waals surface area contributed by atoms with Crippen molar-refractivity contribution in [1.82, 2.24) is 4.98 Å². The maximum Gasteiger partial charge on any atom is 0.490 e. The van der Waals surface area contributed by atoms with Crippen LogP contribution in [0.1, 0.15) is 24.5 Å². The molecule has 13 nitrogen and oxygen atoms in total. The van der Waals surface area contributed by atoms with Crippen molar-refractivity contribution in [1.29, 1.82) is 0 Å². The van der Waals surface area contributed by atoms with Crippen LogP contribution in [0.15, 0.2) is 18.3 Å². The summed E-state index contributed by atoms with van der Waals surface area (Å²) in [6.45, 7) is -0.470. The fraction of sp³-hybridized carbons (Fsp3) is 0.500. The van der Waals surface area contributed by atoms with E-state index in [-0.39, 0.29) is 6.10 Å². The molecule has 4 atom stereocenters. The molecule has 148 valence electrons. The van der Waals surface area contributed by atoms with Gasteiger partial charge in [-0.25, -0.2) is 18.7 Å². The van der Waals surface area contributed by atoms with E-state index in [1.54, 1.807) is 12.1 Å². The van der Waals surface area contributed by atoms with Crippen LogP contribution in [0, 0.1) is 0 Å². The summed E-state index contributed by atoms with van der Waals surface area (Å²) in [7, 11) is -16.1. The highest BCUT2D eigenvalue weighted by atomic mass is 31.3. The van der Waals surface area contributed by atoms with Gasteiger partial charge in [0.2, 0.25) is 0 Å². The fourth-order valence-electron chi connectivity index (χ4n) is 2.16. The van der Waals surface area contributed by atoms with Crippen molar-refractivity contribution >= 4 is 29.3 Å². The smallest absolute Gasteiger partial charge is 0.384 e. The summed E-state index contributed by atoms with van der Waals surface area (Å²) in [5, 5.41) is 0. The first-order valence-electron chi connectivity index (χ1n) is 7.00. The summed E-state index contributed by atoms with van der Waals surface area (Å²) in [5.74, 6) is 0.343. The normalized spacial score (nSPS) is 25.5. The van der Waals surface area contributed by atoms with Crippen molar-refractivity contribution < 1.29 is 51.2 Å². The maximum absolute atomic E-state index is 11.6. The van der Waals surface area contributed by atoms with Crippen LogP contribution in [-0.4, -0.2) is 37.3 Å². The molecule has 26 heavy (non-hydrogen) atoms. The first-order chi connectivity index (χ1) is 11.9. The Labute approximate surface area is 147 Å². The number of phosphoric ester groups is 1.